The monoisotopic (exact) mass is 219 g/mol. The lowest BCUT2D eigenvalue weighted by Gasteiger charge is -2.30. The van der Waals surface area contributed by atoms with Crippen molar-refractivity contribution in [1.82, 2.24) is 5.32 Å². The molecule has 1 N–H and O–H groups in total. The molecule has 0 atom stereocenters. The molecule has 0 bridgehead atoms. The molecule has 0 saturated carbocycles. The van der Waals surface area contributed by atoms with Crippen LogP contribution in [0.15, 0.2) is 12.1 Å². The number of piperazine rings is 1. The summed E-state index contributed by atoms with van der Waals surface area (Å²) in [7, 11) is 0. The molecule has 1 fully saturated rings. The Balaban J connectivity index is 2.34. The van der Waals surface area contributed by atoms with Crippen LogP contribution >= 0.6 is 0 Å². The van der Waals surface area contributed by atoms with Crippen molar-refractivity contribution in [3.8, 4) is 6.07 Å². The van der Waals surface area contributed by atoms with Crippen LogP contribution in [0.1, 0.15) is 11.1 Å². The van der Waals surface area contributed by atoms with Crippen LogP contribution < -0.4 is 10.2 Å². The van der Waals surface area contributed by atoms with Gasteiger partial charge in [0.1, 0.15) is 5.82 Å². The fraction of sp³-hybridized carbons (Fsp3) is 0.417. The summed E-state index contributed by atoms with van der Waals surface area (Å²) >= 11 is 0. The van der Waals surface area contributed by atoms with Gasteiger partial charge in [-0.15, -0.1) is 0 Å². The first-order chi connectivity index (χ1) is 7.72. The Morgan fingerprint density at radius 3 is 2.69 bits per heavy atom. The molecule has 0 unspecified atom stereocenters. The van der Waals surface area contributed by atoms with Crippen molar-refractivity contribution >= 4 is 5.69 Å². The van der Waals surface area contributed by atoms with Gasteiger partial charge in [-0.3, -0.25) is 0 Å². The number of anilines is 1. The molecular weight excluding hydrogens is 205 g/mol. The van der Waals surface area contributed by atoms with Gasteiger partial charge in [-0.1, -0.05) is 0 Å². The second-order valence-electron chi connectivity index (χ2n) is 3.97. The molecule has 0 amide bonds. The van der Waals surface area contributed by atoms with Gasteiger partial charge in [-0.05, 0) is 24.6 Å². The zero-order valence-electron chi connectivity index (χ0n) is 9.26. The smallest absolute Gasteiger partial charge is 0.147 e. The van der Waals surface area contributed by atoms with E-state index in [-0.39, 0.29) is 5.82 Å². The lowest BCUT2D eigenvalue weighted by Crippen LogP contribution is -2.43. The van der Waals surface area contributed by atoms with Crippen LogP contribution in [0.3, 0.4) is 0 Å². The van der Waals surface area contributed by atoms with Crippen molar-refractivity contribution in [3.63, 3.8) is 0 Å². The molecule has 84 valence electrons. The minimum atomic E-state index is -0.302. The number of nitrogens with zero attached hydrogens (tertiary/aromatic N) is 2. The quantitative estimate of drug-likeness (QED) is 0.776. The largest absolute Gasteiger partial charge is 0.367 e. The summed E-state index contributed by atoms with van der Waals surface area (Å²) < 4.78 is 13.8. The Morgan fingerprint density at radius 1 is 1.38 bits per heavy atom. The minimum absolute atomic E-state index is 0.302. The molecule has 1 aliphatic heterocycles. The molecule has 1 aliphatic rings. The van der Waals surface area contributed by atoms with Crippen LogP contribution in [0.2, 0.25) is 0 Å². The highest BCUT2D eigenvalue weighted by Crippen LogP contribution is 2.23. The average molecular weight is 219 g/mol. The van der Waals surface area contributed by atoms with Crippen molar-refractivity contribution in [2.24, 2.45) is 0 Å². The first kappa shape index (κ1) is 10.9. The van der Waals surface area contributed by atoms with Crippen molar-refractivity contribution < 1.29 is 4.39 Å². The Bertz CT molecular complexity index is 431. The highest BCUT2D eigenvalue weighted by molar-refractivity contribution is 5.55. The Hall–Kier alpha value is -1.60. The van der Waals surface area contributed by atoms with E-state index in [0.717, 1.165) is 31.7 Å². The lowest BCUT2D eigenvalue weighted by molar-refractivity contribution is 0.566. The first-order valence-electron chi connectivity index (χ1n) is 5.38. The van der Waals surface area contributed by atoms with Crippen LogP contribution in [0.5, 0.6) is 0 Å². The summed E-state index contributed by atoms with van der Waals surface area (Å²) in [5, 5.41) is 12.0. The SMILES string of the molecule is Cc1cc(N2CCNCC2)c(F)cc1C#N. The Labute approximate surface area is 94.5 Å². The average Bonchev–Trinajstić information content (AvgIpc) is 2.32. The third-order valence-corrected chi connectivity index (χ3v) is 2.87. The normalized spacial score (nSPS) is 15.9. The van der Waals surface area contributed by atoms with Gasteiger partial charge in [0.15, 0.2) is 0 Å². The molecule has 1 aromatic rings. The number of hydrogen-bond donors (Lipinski definition) is 1. The van der Waals surface area contributed by atoms with Crippen molar-refractivity contribution in [3.05, 3.63) is 29.1 Å². The summed E-state index contributed by atoms with van der Waals surface area (Å²) in [6.45, 7) is 5.20. The van der Waals surface area contributed by atoms with Crippen LogP contribution in [-0.4, -0.2) is 26.2 Å². The fourth-order valence-electron chi connectivity index (χ4n) is 1.93. The van der Waals surface area contributed by atoms with E-state index in [9.17, 15) is 4.39 Å². The van der Waals surface area contributed by atoms with Crippen molar-refractivity contribution in [2.45, 2.75) is 6.92 Å². The van der Waals surface area contributed by atoms with E-state index in [2.05, 4.69) is 5.32 Å². The number of hydrogen-bond acceptors (Lipinski definition) is 3. The summed E-state index contributed by atoms with van der Waals surface area (Å²) in [6.07, 6.45) is 0. The summed E-state index contributed by atoms with van der Waals surface area (Å²) in [4.78, 5) is 2.01. The predicted molar refractivity (Wildman–Crippen MR) is 60.9 cm³/mol. The molecular formula is C12H14FN3. The van der Waals surface area contributed by atoms with Gasteiger partial charge < -0.3 is 10.2 Å². The molecule has 0 radical (unpaired) electrons. The zero-order valence-corrected chi connectivity index (χ0v) is 9.26. The van der Waals surface area contributed by atoms with Gasteiger partial charge in [0, 0.05) is 26.2 Å². The molecule has 1 heterocycles. The van der Waals surface area contributed by atoms with Crippen molar-refractivity contribution in [2.75, 3.05) is 31.1 Å². The second kappa shape index (κ2) is 4.50. The standard InChI is InChI=1S/C12H14FN3/c1-9-6-12(11(13)7-10(9)8-14)16-4-2-15-3-5-16/h6-7,15H,2-5H2,1H3. The van der Waals surface area contributed by atoms with E-state index in [4.69, 9.17) is 5.26 Å². The van der Waals surface area contributed by atoms with Crippen LogP contribution in [-0.2, 0) is 0 Å². The lowest BCUT2D eigenvalue weighted by atomic mass is 10.1. The maximum atomic E-state index is 13.8. The van der Waals surface area contributed by atoms with Crippen LogP contribution in [0.4, 0.5) is 10.1 Å². The molecule has 3 nitrogen and oxygen atoms in total. The number of aryl methyl sites for hydroxylation is 1. The van der Waals surface area contributed by atoms with E-state index in [1.807, 2.05) is 17.9 Å². The molecule has 2 rings (SSSR count). The van der Waals surface area contributed by atoms with E-state index < -0.39 is 0 Å². The van der Waals surface area contributed by atoms with Gasteiger partial charge >= 0.3 is 0 Å². The molecule has 0 spiro atoms. The van der Waals surface area contributed by atoms with E-state index in [1.54, 1.807) is 6.07 Å². The van der Waals surface area contributed by atoms with Crippen LogP contribution in [0.25, 0.3) is 0 Å². The van der Waals surface area contributed by atoms with E-state index in [1.165, 1.54) is 6.07 Å². The number of benzene rings is 1. The number of nitriles is 1. The Morgan fingerprint density at radius 2 is 2.06 bits per heavy atom. The van der Waals surface area contributed by atoms with E-state index in [0.29, 0.717) is 11.3 Å². The summed E-state index contributed by atoms with van der Waals surface area (Å²) in [5.41, 5.74) is 1.85. The third-order valence-electron chi connectivity index (χ3n) is 2.87. The maximum absolute atomic E-state index is 13.8. The number of rotatable bonds is 1. The Kier molecular flexibility index (Phi) is 3.07. The molecule has 0 aromatic heterocycles. The highest BCUT2D eigenvalue weighted by Gasteiger charge is 2.15. The van der Waals surface area contributed by atoms with Gasteiger partial charge in [0.25, 0.3) is 0 Å². The topological polar surface area (TPSA) is 39.1 Å². The van der Waals surface area contributed by atoms with E-state index >= 15 is 0 Å². The zero-order chi connectivity index (χ0) is 11.5. The third kappa shape index (κ3) is 2.00. The maximum Gasteiger partial charge on any atom is 0.147 e. The number of halogens is 1. The molecule has 1 aromatic carbocycles. The molecule has 0 aliphatic carbocycles. The number of nitrogens with one attached hydrogen (secondary N) is 1. The highest BCUT2D eigenvalue weighted by atomic mass is 19.1. The molecule has 4 heteroatoms. The van der Waals surface area contributed by atoms with Crippen LogP contribution in [0, 0.1) is 24.1 Å². The first-order valence-corrected chi connectivity index (χ1v) is 5.38. The van der Waals surface area contributed by atoms with Gasteiger partial charge in [0.2, 0.25) is 0 Å². The van der Waals surface area contributed by atoms with Gasteiger partial charge in [0.05, 0.1) is 17.3 Å². The molecule has 16 heavy (non-hydrogen) atoms. The molecule has 1 saturated heterocycles. The van der Waals surface area contributed by atoms with Gasteiger partial charge in [-0.2, -0.15) is 5.26 Å². The summed E-state index contributed by atoms with van der Waals surface area (Å²) in [5.74, 6) is -0.302. The summed E-state index contributed by atoms with van der Waals surface area (Å²) in [6, 6.07) is 5.08. The van der Waals surface area contributed by atoms with Gasteiger partial charge in [-0.25, -0.2) is 4.39 Å². The second-order valence-corrected chi connectivity index (χ2v) is 3.97. The predicted octanol–water partition coefficient (Wildman–Crippen LogP) is 1.42. The van der Waals surface area contributed by atoms with Crippen molar-refractivity contribution in [1.29, 1.82) is 5.26 Å². The fourth-order valence-corrected chi connectivity index (χ4v) is 1.93. The minimum Gasteiger partial charge on any atom is -0.367 e.